The Hall–Kier alpha value is -3.42. The lowest BCUT2D eigenvalue weighted by Gasteiger charge is -2.46. The number of carbonyl (C=O) groups is 2. The highest BCUT2D eigenvalue weighted by Gasteiger charge is 2.42. The van der Waals surface area contributed by atoms with Crippen LogP contribution in [0.25, 0.3) is 0 Å². The van der Waals surface area contributed by atoms with E-state index in [1.807, 2.05) is 60.7 Å². The van der Waals surface area contributed by atoms with Gasteiger partial charge in [0, 0.05) is 12.6 Å². The maximum atomic E-state index is 12.4. The second-order valence-electron chi connectivity index (χ2n) is 10.3. The first-order chi connectivity index (χ1) is 17.2. The fraction of sp³-hybridized carbons (Fsp3) is 0.500. The van der Waals surface area contributed by atoms with Crippen molar-refractivity contribution in [3.8, 4) is 11.5 Å². The molecule has 2 atom stereocenters. The van der Waals surface area contributed by atoms with Crippen LogP contribution in [-0.2, 0) is 9.47 Å². The number of benzene rings is 2. The molecule has 2 amide bonds. The lowest BCUT2D eigenvalue weighted by atomic mass is 9.62. The Morgan fingerprint density at radius 3 is 1.86 bits per heavy atom. The highest BCUT2D eigenvalue weighted by Crippen LogP contribution is 2.45. The van der Waals surface area contributed by atoms with Crippen LogP contribution in [0.2, 0.25) is 0 Å². The van der Waals surface area contributed by atoms with Gasteiger partial charge in [0.15, 0.2) is 0 Å². The van der Waals surface area contributed by atoms with Gasteiger partial charge >= 0.3 is 12.2 Å². The van der Waals surface area contributed by atoms with Crippen molar-refractivity contribution in [3.63, 3.8) is 0 Å². The van der Waals surface area contributed by atoms with Crippen LogP contribution < -0.4 is 20.1 Å². The van der Waals surface area contributed by atoms with Crippen molar-refractivity contribution in [2.24, 2.45) is 10.8 Å². The van der Waals surface area contributed by atoms with Crippen LogP contribution in [0.5, 0.6) is 11.5 Å². The molecule has 8 heteroatoms. The van der Waals surface area contributed by atoms with Gasteiger partial charge in [0.05, 0.1) is 0 Å². The minimum atomic E-state index is -0.474. The van der Waals surface area contributed by atoms with E-state index in [2.05, 4.69) is 31.4 Å². The van der Waals surface area contributed by atoms with Crippen LogP contribution in [0.1, 0.15) is 40.0 Å². The van der Waals surface area contributed by atoms with Gasteiger partial charge in [0.25, 0.3) is 0 Å². The van der Waals surface area contributed by atoms with Crippen LogP contribution in [0, 0.1) is 10.8 Å². The number of ether oxygens (including phenoxy) is 4. The minimum absolute atomic E-state index is 0.00350. The minimum Gasteiger partial charge on any atom is -0.490 e. The third-order valence-electron chi connectivity index (χ3n) is 6.08. The van der Waals surface area contributed by atoms with Gasteiger partial charge in [-0.3, -0.25) is 0 Å². The van der Waals surface area contributed by atoms with Crippen LogP contribution in [0.15, 0.2) is 60.7 Å². The predicted molar refractivity (Wildman–Crippen MR) is 137 cm³/mol. The molecule has 2 N–H and O–H groups in total. The molecule has 0 aliphatic heterocycles. The first kappa shape index (κ1) is 27.2. The van der Waals surface area contributed by atoms with E-state index in [9.17, 15) is 9.59 Å². The first-order valence-electron chi connectivity index (χ1n) is 12.4. The number of amides is 2. The largest absolute Gasteiger partial charge is 0.490 e. The third-order valence-corrected chi connectivity index (χ3v) is 6.08. The van der Waals surface area contributed by atoms with Gasteiger partial charge in [-0.1, -0.05) is 57.2 Å². The molecule has 1 saturated carbocycles. The molecule has 2 aromatic carbocycles. The lowest BCUT2D eigenvalue weighted by molar-refractivity contribution is 0.0597. The van der Waals surface area contributed by atoms with Crippen molar-refractivity contribution in [2.45, 2.75) is 46.1 Å². The molecule has 196 valence electrons. The number of carbonyl (C=O) groups excluding carboxylic acids is 2. The smallest absolute Gasteiger partial charge is 0.407 e. The Morgan fingerprint density at radius 2 is 1.31 bits per heavy atom. The van der Waals surface area contributed by atoms with E-state index in [4.69, 9.17) is 18.9 Å². The fourth-order valence-corrected chi connectivity index (χ4v) is 5.04. The summed E-state index contributed by atoms with van der Waals surface area (Å²) in [6, 6.07) is 18.7. The number of hydrogen-bond donors (Lipinski definition) is 2. The maximum Gasteiger partial charge on any atom is 0.407 e. The topological polar surface area (TPSA) is 95.1 Å². The highest BCUT2D eigenvalue weighted by molar-refractivity contribution is 5.68. The first-order valence-corrected chi connectivity index (χ1v) is 12.4. The summed E-state index contributed by atoms with van der Waals surface area (Å²) in [5.74, 6) is 1.47. The average molecular weight is 499 g/mol. The zero-order valence-electron chi connectivity index (χ0n) is 21.5. The summed E-state index contributed by atoms with van der Waals surface area (Å²) in [6.07, 6.45) is 1.54. The quantitative estimate of drug-likeness (QED) is 0.415. The van der Waals surface area contributed by atoms with Crippen molar-refractivity contribution >= 4 is 12.2 Å². The molecule has 1 fully saturated rings. The number of rotatable bonds is 11. The van der Waals surface area contributed by atoms with E-state index in [1.54, 1.807) is 0 Å². The molecule has 2 aromatic rings. The van der Waals surface area contributed by atoms with Gasteiger partial charge in [-0.15, -0.1) is 0 Å². The summed E-state index contributed by atoms with van der Waals surface area (Å²) >= 11 is 0. The highest BCUT2D eigenvalue weighted by atomic mass is 16.6. The molecule has 0 bridgehead atoms. The molecule has 1 aliphatic rings. The normalized spacial score (nSPS) is 20.6. The summed E-state index contributed by atoms with van der Waals surface area (Å²) in [6.45, 7) is 7.82. The Morgan fingerprint density at radius 1 is 0.778 bits per heavy atom. The second kappa shape index (κ2) is 13.0. The lowest BCUT2D eigenvalue weighted by Crippen LogP contribution is -2.50. The summed E-state index contributed by atoms with van der Waals surface area (Å²) in [7, 11) is 0. The van der Waals surface area contributed by atoms with Gasteiger partial charge in [-0.05, 0) is 54.4 Å². The summed E-state index contributed by atoms with van der Waals surface area (Å²) < 4.78 is 21.7. The summed E-state index contributed by atoms with van der Waals surface area (Å²) in [4.78, 5) is 24.6. The van der Waals surface area contributed by atoms with Crippen molar-refractivity contribution in [2.75, 3.05) is 33.0 Å². The summed E-state index contributed by atoms with van der Waals surface area (Å²) in [5.41, 5.74) is -0.202. The van der Waals surface area contributed by atoms with E-state index in [0.717, 1.165) is 30.8 Å². The Balaban J connectivity index is 1.37. The molecule has 1 aliphatic carbocycles. The van der Waals surface area contributed by atoms with Gasteiger partial charge in [0.2, 0.25) is 0 Å². The van der Waals surface area contributed by atoms with E-state index in [-0.39, 0.29) is 43.3 Å². The number of hydrogen-bond acceptors (Lipinski definition) is 6. The Labute approximate surface area is 213 Å². The van der Waals surface area contributed by atoms with Crippen molar-refractivity contribution in [3.05, 3.63) is 60.7 Å². The fourth-order valence-electron chi connectivity index (χ4n) is 5.04. The van der Waals surface area contributed by atoms with Gasteiger partial charge in [0.1, 0.15) is 37.9 Å². The van der Waals surface area contributed by atoms with Gasteiger partial charge in [-0.2, -0.15) is 0 Å². The molecule has 0 heterocycles. The van der Waals surface area contributed by atoms with E-state index >= 15 is 0 Å². The monoisotopic (exact) mass is 498 g/mol. The molecule has 0 aromatic heterocycles. The van der Waals surface area contributed by atoms with Crippen molar-refractivity contribution in [1.29, 1.82) is 0 Å². The zero-order valence-corrected chi connectivity index (χ0v) is 21.5. The third kappa shape index (κ3) is 9.68. The molecule has 2 unspecified atom stereocenters. The van der Waals surface area contributed by atoms with Crippen molar-refractivity contribution < 1.29 is 28.5 Å². The van der Waals surface area contributed by atoms with Crippen LogP contribution in [0.3, 0.4) is 0 Å². The van der Waals surface area contributed by atoms with Crippen LogP contribution in [0.4, 0.5) is 9.59 Å². The standard InChI is InChI=1S/C28H38N2O6/c1-27(2)18-22(30-26(32)36-17-15-34-24-12-8-5-9-13-24)19-28(3,20-27)21-29-25(31)35-16-14-33-23-10-6-4-7-11-23/h4-13,22H,14-21H2,1-3H3,(H,29,31)(H,30,32). The van der Waals surface area contributed by atoms with Gasteiger partial charge in [-0.25, -0.2) is 9.59 Å². The van der Waals surface area contributed by atoms with Crippen LogP contribution >= 0.6 is 0 Å². The molecule has 0 saturated heterocycles. The van der Waals surface area contributed by atoms with Gasteiger partial charge < -0.3 is 29.6 Å². The molecule has 0 radical (unpaired) electrons. The number of para-hydroxylation sites is 2. The van der Waals surface area contributed by atoms with E-state index in [1.165, 1.54) is 0 Å². The number of alkyl carbamates (subject to hydrolysis) is 2. The SMILES string of the molecule is CC1(C)CC(NC(=O)OCCOc2ccccc2)CC(C)(CNC(=O)OCCOc2ccccc2)C1. The molecule has 0 spiro atoms. The van der Waals surface area contributed by atoms with Crippen molar-refractivity contribution in [1.82, 2.24) is 10.6 Å². The molecule has 36 heavy (non-hydrogen) atoms. The zero-order chi connectivity index (χ0) is 25.9. The second-order valence-corrected chi connectivity index (χ2v) is 10.3. The molecular formula is C28H38N2O6. The number of nitrogens with one attached hydrogen (secondary N) is 2. The predicted octanol–water partition coefficient (Wildman–Crippen LogP) is 5.18. The Kier molecular flexibility index (Phi) is 9.85. The maximum absolute atomic E-state index is 12.4. The van der Waals surface area contributed by atoms with E-state index in [0.29, 0.717) is 6.54 Å². The Bertz CT molecular complexity index is 953. The van der Waals surface area contributed by atoms with Crippen LogP contribution in [-0.4, -0.2) is 51.2 Å². The molecule has 3 rings (SSSR count). The van der Waals surface area contributed by atoms with E-state index < -0.39 is 12.2 Å². The summed E-state index contributed by atoms with van der Waals surface area (Å²) in [5, 5.41) is 5.88. The molecular weight excluding hydrogens is 460 g/mol. The molecule has 8 nitrogen and oxygen atoms in total. The average Bonchev–Trinajstić information content (AvgIpc) is 2.83.